The highest BCUT2D eigenvalue weighted by atomic mass is 16.5. The Morgan fingerprint density at radius 3 is 2.44 bits per heavy atom. The quantitative estimate of drug-likeness (QED) is 0.610. The van der Waals surface area contributed by atoms with Crippen LogP contribution in [0.5, 0.6) is 5.75 Å². The van der Waals surface area contributed by atoms with E-state index >= 15 is 0 Å². The van der Waals surface area contributed by atoms with E-state index in [2.05, 4.69) is 17.8 Å². The van der Waals surface area contributed by atoms with Crippen LogP contribution in [0.3, 0.4) is 0 Å². The van der Waals surface area contributed by atoms with Gasteiger partial charge in [0.15, 0.2) is 5.54 Å². The molecule has 0 radical (unpaired) electrons. The summed E-state index contributed by atoms with van der Waals surface area (Å²) in [5.74, 6) is 0.0245. The van der Waals surface area contributed by atoms with Gasteiger partial charge in [-0.25, -0.2) is 9.39 Å². The number of ether oxygens (including phenoxy) is 2. The molecule has 1 heterocycles. The standard InChI is InChI=1S/C20H29N3O4/c1-14-12-15(26-3)13-16(18(24)27-4)17(14)22-19(25)20(8-7-9-20)23(2)11-6-5-10-21-23/h12-13,21H,5-11H2,1-4H3/p+1. The third kappa shape index (κ3) is 3.30. The second kappa shape index (κ2) is 7.48. The smallest absolute Gasteiger partial charge is 0.340 e. The van der Waals surface area contributed by atoms with Crippen LogP contribution in [0, 0.1) is 6.92 Å². The lowest BCUT2D eigenvalue weighted by Crippen LogP contribution is -2.77. The van der Waals surface area contributed by atoms with Crippen molar-refractivity contribution >= 4 is 17.6 Å². The predicted molar refractivity (Wildman–Crippen MR) is 103 cm³/mol. The molecule has 148 valence electrons. The molecule has 1 aromatic carbocycles. The third-order valence-electron chi connectivity index (χ3n) is 6.23. The van der Waals surface area contributed by atoms with Gasteiger partial charge in [0.2, 0.25) is 0 Å². The van der Waals surface area contributed by atoms with E-state index in [0.29, 0.717) is 21.6 Å². The molecule has 7 nitrogen and oxygen atoms in total. The number of carbonyl (C=O) groups excluding carboxylic acids is 2. The minimum absolute atomic E-state index is 0.0379. The van der Waals surface area contributed by atoms with Crippen LogP contribution >= 0.6 is 0 Å². The molecule has 27 heavy (non-hydrogen) atoms. The fraction of sp³-hybridized carbons (Fsp3) is 0.600. The van der Waals surface area contributed by atoms with Crippen LogP contribution < -0.4 is 15.5 Å². The number of hydrogen-bond donors (Lipinski definition) is 2. The molecule has 2 fully saturated rings. The van der Waals surface area contributed by atoms with E-state index in [9.17, 15) is 9.59 Å². The van der Waals surface area contributed by atoms with Crippen molar-refractivity contribution in [1.29, 1.82) is 0 Å². The number of amides is 1. The molecule has 1 amide bonds. The van der Waals surface area contributed by atoms with Gasteiger partial charge in [-0.2, -0.15) is 5.43 Å². The third-order valence-corrected chi connectivity index (χ3v) is 6.23. The highest BCUT2D eigenvalue weighted by molar-refractivity contribution is 6.05. The summed E-state index contributed by atoms with van der Waals surface area (Å²) in [6.45, 7) is 3.70. The Labute approximate surface area is 160 Å². The second-order valence-corrected chi connectivity index (χ2v) is 7.73. The van der Waals surface area contributed by atoms with Gasteiger partial charge in [-0.1, -0.05) is 0 Å². The van der Waals surface area contributed by atoms with E-state index in [1.807, 2.05) is 13.0 Å². The zero-order valence-corrected chi connectivity index (χ0v) is 16.7. The minimum atomic E-state index is -0.500. The van der Waals surface area contributed by atoms with Gasteiger partial charge in [0.1, 0.15) is 5.75 Å². The van der Waals surface area contributed by atoms with Gasteiger partial charge < -0.3 is 14.8 Å². The Hall–Kier alpha value is -2.12. The molecule has 0 bridgehead atoms. The Balaban J connectivity index is 1.94. The van der Waals surface area contributed by atoms with Crippen LogP contribution in [0.4, 0.5) is 5.69 Å². The maximum atomic E-state index is 13.4. The summed E-state index contributed by atoms with van der Waals surface area (Å²) in [7, 11) is 4.99. The van der Waals surface area contributed by atoms with Crippen LogP contribution in [-0.4, -0.2) is 56.4 Å². The Kier molecular flexibility index (Phi) is 5.44. The van der Waals surface area contributed by atoms with Gasteiger partial charge in [0.05, 0.1) is 39.1 Å². The van der Waals surface area contributed by atoms with Gasteiger partial charge in [0.25, 0.3) is 5.91 Å². The molecule has 1 saturated carbocycles. The zero-order chi connectivity index (χ0) is 19.7. The highest BCUT2D eigenvalue weighted by Gasteiger charge is 2.59. The first-order chi connectivity index (χ1) is 12.9. The summed E-state index contributed by atoms with van der Waals surface area (Å²) in [5, 5.41) is 3.06. The van der Waals surface area contributed by atoms with Crippen LogP contribution in [0.1, 0.15) is 48.0 Å². The first kappa shape index (κ1) is 19.6. The largest absolute Gasteiger partial charge is 0.497 e. The van der Waals surface area contributed by atoms with Crippen molar-refractivity contribution in [1.82, 2.24) is 5.43 Å². The van der Waals surface area contributed by atoms with Crippen LogP contribution in [0.25, 0.3) is 0 Å². The number of benzene rings is 1. The number of nitrogens with one attached hydrogen (secondary N) is 2. The Morgan fingerprint density at radius 2 is 1.93 bits per heavy atom. The number of quaternary nitrogens is 1. The Morgan fingerprint density at radius 1 is 1.19 bits per heavy atom. The van der Waals surface area contributed by atoms with Crippen LogP contribution in [0.2, 0.25) is 0 Å². The van der Waals surface area contributed by atoms with E-state index in [0.717, 1.165) is 50.8 Å². The molecule has 1 aromatic rings. The highest BCUT2D eigenvalue weighted by Crippen LogP contribution is 2.43. The summed E-state index contributed by atoms with van der Waals surface area (Å²) in [5.41, 5.74) is 4.64. The maximum absolute atomic E-state index is 13.4. The van der Waals surface area contributed by atoms with Crippen molar-refractivity contribution in [2.45, 2.75) is 44.6 Å². The lowest BCUT2D eigenvalue weighted by atomic mass is 9.73. The van der Waals surface area contributed by atoms with E-state index in [1.165, 1.54) is 7.11 Å². The fourth-order valence-corrected chi connectivity index (χ4v) is 4.32. The molecule has 1 aliphatic heterocycles. The normalized spacial score (nSPS) is 23.9. The minimum Gasteiger partial charge on any atom is -0.497 e. The van der Waals surface area contributed by atoms with Crippen molar-refractivity contribution < 1.29 is 23.7 Å². The SMILES string of the molecule is COC(=O)c1cc(OC)cc(C)c1NC(=O)C1([N+]2(C)CCCCN2)CCC1. The molecule has 1 unspecified atom stereocenters. The van der Waals surface area contributed by atoms with Crippen molar-refractivity contribution in [3.8, 4) is 5.75 Å². The number of rotatable bonds is 5. The summed E-state index contributed by atoms with van der Waals surface area (Å²) < 4.78 is 10.7. The molecular weight excluding hydrogens is 346 g/mol. The van der Waals surface area contributed by atoms with Gasteiger partial charge in [-0.3, -0.25) is 4.79 Å². The molecule has 1 saturated heterocycles. The molecular formula is C20H30N3O4+. The summed E-state index contributed by atoms with van der Waals surface area (Å²) >= 11 is 0. The van der Waals surface area contributed by atoms with Crippen molar-refractivity contribution in [3.63, 3.8) is 0 Å². The molecule has 1 aliphatic carbocycles. The molecule has 0 aromatic heterocycles. The van der Waals surface area contributed by atoms with E-state index in [1.54, 1.807) is 13.2 Å². The van der Waals surface area contributed by atoms with E-state index in [4.69, 9.17) is 9.47 Å². The molecule has 2 N–H and O–H groups in total. The number of aryl methyl sites for hydroxylation is 1. The topological polar surface area (TPSA) is 76.7 Å². The summed E-state index contributed by atoms with van der Waals surface area (Å²) in [4.78, 5) is 25.7. The summed E-state index contributed by atoms with van der Waals surface area (Å²) in [6.07, 6.45) is 4.95. The number of hydrogen-bond acceptors (Lipinski definition) is 5. The first-order valence-electron chi connectivity index (χ1n) is 9.56. The monoisotopic (exact) mass is 376 g/mol. The zero-order valence-electron chi connectivity index (χ0n) is 16.7. The number of esters is 1. The van der Waals surface area contributed by atoms with Gasteiger partial charge in [-0.15, -0.1) is 0 Å². The van der Waals surface area contributed by atoms with Gasteiger partial charge in [0, 0.05) is 19.4 Å². The average molecular weight is 376 g/mol. The van der Waals surface area contributed by atoms with Crippen LogP contribution in [-0.2, 0) is 9.53 Å². The van der Waals surface area contributed by atoms with E-state index in [-0.39, 0.29) is 5.91 Å². The number of nitrogens with zero attached hydrogens (tertiary/aromatic N) is 1. The fourth-order valence-electron chi connectivity index (χ4n) is 4.32. The number of carbonyl (C=O) groups is 2. The number of likely N-dealkylation sites (N-methyl/N-ethyl adjacent to an activating group) is 1. The van der Waals surface area contributed by atoms with Crippen molar-refractivity contribution in [2.24, 2.45) is 0 Å². The molecule has 2 aliphatic rings. The lowest BCUT2D eigenvalue weighted by molar-refractivity contribution is -0.998. The van der Waals surface area contributed by atoms with Crippen LogP contribution in [0.15, 0.2) is 12.1 Å². The second-order valence-electron chi connectivity index (χ2n) is 7.73. The lowest BCUT2D eigenvalue weighted by Gasteiger charge is -2.54. The summed E-state index contributed by atoms with van der Waals surface area (Å²) in [6, 6.07) is 3.42. The van der Waals surface area contributed by atoms with Crippen molar-refractivity contribution in [2.75, 3.05) is 39.7 Å². The maximum Gasteiger partial charge on any atom is 0.340 e. The van der Waals surface area contributed by atoms with Gasteiger partial charge >= 0.3 is 5.97 Å². The molecule has 0 spiro atoms. The Bertz CT molecular complexity index is 737. The molecule has 7 heteroatoms. The molecule has 3 rings (SSSR count). The first-order valence-corrected chi connectivity index (χ1v) is 9.56. The van der Waals surface area contributed by atoms with Gasteiger partial charge in [-0.05, 0) is 43.9 Å². The molecule has 1 atom stereocenters. The average Bonchev–Trinajstić information content (AvgIpc) is 2.61. The predicted octanol–water partition coefficient (Wildman–Crippen LogP) is 2.40. The van der Waals surface area contributed by atoms with Crippen molar-refractivity contribution in [3.05, 3.63) is 23.3 Å². The number of methoxy groups -OCH3 is 2. The van der Waals surface area contributed by atoms with E-state index < -0.39 is 11.5 Å². The number of anilines is 1.